The molecule has 2 N–H and O–H groups in total. The van der Waals surface area contributed by atoms with Crippen molar-refractivity contribution in [2.45, 2.75) is 26.5 Å². The Bertz CT molecular complexity index is 490. The number of H-pyrrole nitrogens is 1. The number of hydrogen-bond acceptors (Lipinski definition) is 4. The highest BCUT2D eigenvalue weighted by molar-refractivity contribution is 5.56. The Morgan fingerprint density at radius 3 is 3.00 bits per heavy atom. The van der Waals surface area contributed by atoms with Gasteiger partial charge in [-0.25, -0.2) is 0 Å². The van der Waals surface area contributed by atoms with Crippen LogP contribution in [0.4, 0.5) is 0 Å². The molecule has 2 rings (SSSR count). The Kier molecular flexibility index (Phi) is 4.17. The van der Waals surface area contributed by atoms with Gasteiger partial charge in [0, 0.05) is 25.8 Å². The van der Waals surface area contributed by atoms with Gasteiger partial charge in [0.2, 0.25) is 0 Å². The summed E-state index contributed by atoms with van der Waals surface area (Å²) in [5.74, 6) is 1.72. The van der Waals surface area contributed by atoms with Crippen LogP contribution in [0.1, 0.15) is 18.2 Å². The Balaban J connectivity index is 2.00. The lowest BCUT2D eigenvalue weighted by Gasteiger charge is -2.10. The van der Waals surface area contributed by atoms with Gasteiger partial charge in [-0.15, -0.1) is 0 Å². The van der Waals surface area contributed by atoms with Crippen LogP contribution in [-0.2, 0) is 11.3 Å². The highest BCUT2D eigenvalue weighted by Gasteiger charge is 2.11. The molecule has 0 amide bonds. The van der Waals surface area contributed by atoms with E-state index in [0.29, 0.717) is 0 Å². The van der Waals surface area contributed by atoms with Crippen molar-refractivity contribution in [3.8, 4) is 11.5 Å². The number of rotatable bonds is 6. The zero-order valence-electron chi connectivity index (χ0n) is 11.0. The van der Waals surface area contributed by atoms with Crippen LogP contribution < -0.4 is 5.32 Å². The van der Waals surface area contributed by atoms with Crippen LogP contribution in [0.5, 0.6) is 0 Å². The first-order valence-electron chi connectivity index (χ1n) is 6.03. The number of nitrogens with one attached hydrogen (secondary N) is 2. The summed E-state index contributed by atoms with van der Waals surface area (Å²) in [5, 5.41) is 10.4. The lowest BCUT2D eigenvalue weighted by atomic mass is 10.2. The van der Waals surface area contributed by atoms with Crippen LogP contribution in [0.3, 0.4) is 0 Å². The Morgan fingerprint density at radius 1 is 1.50 bits per heavy atom. The molecule has 0 aliphatic carbocycles. The molecule has 2 aromatic heterocycles. The van der Waals surface area contributed by atoms with E-state index in [0.717, 1.165) is 35.9 Å². The second-order valence-corrected chi connectivity index (χ2v) is 4.36. The van der Waals surface area contributed by atoms with Crippen LogP contribution in [-0.4, -0.2) is 30.0 Å². The number of aromatic nitrogens is 2. The third kappa shape index (κ3) is 3.00. The quantitative estimate of drug-likeness (QED) is 0.823. The largest absolute Gasteiger partial charge is 0.460 e. The van der Waals surface area contributed by atoms with E-state index in [4.69, 9.17) is 9.15 Å². The highest BCUT2D eigenvalue weighted by atomic mass is 16.5. The number of aryl methyl sites for hydroxylation is 1. The molecular formula is C13H19N3O2. The van der Waals surface area contributed by atoms with Crippen LogP contribution in [0.25, 0.3) is 11.5 Å². The number of nitrogens with zero attached hydrogens (tertiary/aromatic N) is 1. The first-order valence-corrected chi connectivity index (χ1v) is 6.03. The van der Waals surface area contributed by atoms with Gasteiger partial charge in [-0.1, -0.05) is 0 Å². The molecule has 0 saturated heterocycles. The summed E-state index contributed by atoms with van der Waals surface area (Å²) in [7, 11) is 1.71. The van der Waals surface area contributed by atoms with Crippen molar-refractivity contribution >= 4 is 0 Å². The van der Waals surface area contributed by atoms with Crippen molar-refractivity contribution in [3.05, 3.63) is 29.7 Å². The molecule has 0 aliphatic heterocycles. The zero-order valence-corrected chi connectivity index (χ0v) is 11.0. The molecule has 5 nitrogen and oxygen atoms in total. The average molecular weight is 249 g/mol. The maximum absolute atomic E-state index is 5.59. The molecule has 0 aromatic carbocycles. The number of furan rings is 1. The maximum Gasteiger partial charge on any atom is 0.152 e. The number of methoxy groups -OCH3 is 1. The molecule has 0 spiro atoms. The predicted octanol–water partition coefficient (Wildman–Crippen LogP) is 2.10. The Hall–Kier alpha value is -1.59. The van der Waals surface area contributed by atoms with Gasteiger partial charge in [0.05, 0.1) is 12.3 Å². The van der Waals surface area contributed by atoms with Crippen molar-refractivity contribution < 1.29 is 9.15 Å². The smallest absolute Gasteiger partial charge is 0.152 e. The third-order valence-electron chi connectivity index (χ3n) is 2.85. The standard InChI is InChI=1S/C13H19N3O2/c1-9-4-5-12(18-9)13-11(8-15-16-13)7-14-6-10(2)17-3/h4-5,8,10,14H,6-7H2,1-3H3,(H,15,16). The summed E-state index contributed by atoms with van der Waals surface area (Å²) >= 11 is 0. The van der Waals surface area contributed by atoms with E-state index >= 15 is 0 Å². The molecule has 0 fully saturated rings. The number of hydrogen-bond donors (Lipinski definition) is 2. The summed E-state index contributed by atoms with van der Waals surface area (Å²) < 4.78 is 10.8. The normalized spacial score (nSPS) is 12.8. The van der Waals surface area contributed by atoms with Crippen molar-refractivity contribution in [1.29, 1.82) is 0 Å². The van der Waals surface area contributed by atoms with E-state index < -0.39 is 0 Å². The molecule has 98 valence electrons. The molecule has 0 saturated carbocycles. The predicted molar refractivity (Wildman–Crippen MR) is 69.2 cm³/mol. The zero-order chi connectivity index (χ0) is 13.0. The molecule has 5 heteroatoms. The van der Waals surface area contributed by atoms with Crippen molar-refractivity contribution in [2.75, 3.05) is 13.7 Å². The summed E-state index contributed by atoms with van der Waals surface area (Å²) in [6.07, 6.45) is 2.02. The minimum atomic E-state index is 0.200. The maximum atomic E-state index is 5.59. The van der Waals surface area contributed by atoms with Crippen LogP contribution in [0.2, 0.25) is 0 Å². The van der Waals surface area contributed by atoms with E-state index in [9.17, 15) is 0 Å². The summed E-state index contributed by atoms with van der Waals surface area (Å²) in [5.41, 5.74) is 2.02. The van der Waals surface area contributed by atoms with Gasteiger partial charge in [-0.3, -0.25) is 5.10 Å². The summed E-state index contributed by atoms with van der Waals surface area (Å²) in [6.45, 7) is 5.49. The fourth-order valence-corrected chi connectivity index (χ4v) is 1.72. The SMILES string of the molecule is COC(C)CNCc1cn[nH]c1-c1ccc(C)o1. The summed E-state index contributed by atoms with van der Waals surface area (Å²) in [6, 6.07) is 3.89. The van der Waals surface area contributed by atoms with Crippen molar-refractivity contribution in [1.82, 2.24) is 15.5 Å². The van der Waals surface area contributed by atoms with E-state index in [2.05, 4.69) is 15.5 Å². The number of ether oxygens (including phenoxy) is 1. The third-order valence-corrected chi connectivity index (χ3v) is 2.85. The lowest BCUT2D eigenvalue weighted by Crippen LogP contribution is -2.25. The second-order valence-electron chi connectivity index (χ2n) is 4.36. The van der Waals surface area contributed by atoms with Gasteiger partial charge in [0.15, 0.2) is 5.76 Å². The van der Waals surface area contributed by atoms with E-state index in [1.165, 1.54) is 0 Å². The fraction of sp³-hybridized carbons (Fsp3) is 0.462. The van der Waals surface area contributed by atoms with Crippen LogP contribution >= 0.6 is 0 Å². The average Bonchev–Trinajstić information content (AvgIpc) is 2.97. The molecule has 0 bridgehead atoms. The van der Waals surface area contributed by atoms with Gasteiger partial charge in [-0.2, -0.15) is 5.10 Å². The minimum absolute atomic E-state index is 0.200. The molecular weight excluding hydrogens is 230 g/mol. The van der Waals surface area contributed by atoms with Crippen LogP contribution in [0, 0.1) is 6.92 Å². The van der Waals surface area contributed by atoms with Gasteiger partial charge in [0.25, 0.3) is 0 Å². The van der Waals surface area contributed by atoms with Gasteiger partial charge in [0.1, 0.15) is 11.5 Å². The van der Waals surface area contributed by atoms with Crippen molar-refractivity contribution in [2.24, 2.45) is 0 Å². The monoisotopic (exact) mass is 249 g/mol. The fourth-order valence-electron chi connectivity index (χ4n) is 1.72. The molecule has 2 aromatic rings. The minimum Gasteiger partial charge on any atom is -0.460 e. The second kappa shape index (κ2) is 5.84. The Labute approximate surface area is 107 Å². The molecule has 0 aliphatic rings. The van der Waals surface area contributed by atoms with Crippen molar-refractivity contribution in [3.63, 3.8) is 0 Å². The highest BCUT2D eigenvalue weighted by Crippen LogP contribution is 2.23. The lowest BCUT2D eigenvalue weighted by molar-refractivity contribution is 0.117. The molecule has 2 heterocycles. The van der Waals surface area contributed by atoms with E-state index in [-0.39, 0.29) is 6.10 Å². The number of aromatic amines is 1. The van der Waals surface area contributed by atoms with Gasteiger partial charge >= 0.3 is 0 Å². The molecule has 1 atom stereocenters. The van der Waals surface area contributed by atoms with Crippen LogP contribution in [0.15, 0.2) is 22.7 Å². The van der Waals surface area contributed by atoms with E-state index in [1.807, 2.05) is 32.2 Å². The van der Waals surface area contributed by atoms with E-state index in [1.54, 1.807) is 7.11 Å². The first kappa shape index (κ1) is 12.9. The van der Waals surface area contributed by atoms with Gasteiger partial charge in [-0.05, 0) is 26.0 Å². The topological polar surface area (TPSA) is 63.1 Å². The van der Waals surface area contributed by atoms with Gasteiger partial charge < -0.3 is 14.5 Å². The molecule has 18 heavy (non-hydrogen) atoms. The Morgan fingerprint density at radius 2 is 2.33 bits per heavy atom. The first-order chi connectivity index (χ1) is 8.70. The molecule has 0 radical (unpaired) electrons. The molecule has 1 unspecified atom stereocenters. The summed E-state index contributed by atoms with van der Waals surface area (Å²) in [4.78, 5) is 0.